The van der Waals surface area contributed by atoms with Crippen LogP contribution in [0.5, 0.6) is 5.88 Å². The zero-order valence-corrected chi connectivity index (χ0v) is 12.3. The van der Waals surface area contributed by atoms with Crippen molar-refractivity contribution >= 4 is 11.0 Å². The molecule has 4 rings (SSSR count). The maximum absolute atomic E-state index is 12.6. The average molecular weight is 311 g/mol. The van der Waals surface area contributed by atoms with Crippen LogP contribution < -0.4 is 5.69 Å². The number of aromatic nitrogens is 4. The number of hydrogen-bond acceptors (Lipinski definition) is 5. The van der Waals surface area contributed by atoms with E-state index in [1.54, 1.807) is 30.1 Å². The third-order valence-electron chi connectivity index (χ3n) is 4.30. The van der Waals surface area contributed by atoms with Gasteiger partial charge in [0, 0.05) is 13.6 Å². The van der Waals surface area contributed by atoms with Gasteiger partial charge in [-0.15, -0.1) is 0 Å². The van der Waals surface area contributed by atoms with Gasteiger partial charge in [-0.05, 0) is 18.6 Å². The summed E-state index contributed by atoms with van der Waals surface area (Å²) >= 11 is 0. The highest BCUT2D eigenvalue weighted by Crippen LogP contribution is 2.34. The van der Waals surface area contributed by atoms with Crippen molar-refractivity contribution in [3.63, 3.8) is 0 Å². The van der Waals surface area contributed by atoms with Gasteiger partial charge in [-0.25, -0.2) is 14.3 Å². The maximum Gasteiger partial charge on any atom is 0.336 e. The Bertz CT molecular complexity index is 1050. The molecule has 1 atom stereocenters. The Labute approximate surface area is 130 Å². The molecule has 0 saturated heterocycles. The number of aliphatic hydroxyl groups excluding tert-OH is 1. The number of rotatable bonds is 1. The molecule has 0 fully saturated rings. The Balaban J connectivity index is 2.09. The number of fused-ring (bicyclic) bond motifs is 2. The van der Waals surface area contributed by atoms with Crippen LogP contribution in [-0.4, -0.2) is 28.9 Å². The van der Waals surface area contributed by atoms with Gasteiger partial charge in [-0.2, -0.15) is 5.26 Å². The van der Waals surface area contributed by atoms with Gasteiger partial charge in [0.2, 0.25) is 5.88 Å². The van der Waals surface area contributed by atoms with Gasteiger partial charge >= 0.3 is 5.69 Å². The van der Waals surface area contributed by atoms with E-state index < -0.39 is 11.8 Å². The zero-order chi connectivity index (χ0) is 16.3. The molecular weight excluding hydrogens is 298 g/mol. The molecule has 1 aliphatic rings. The van der Waals surface area contributed by atoms with Crippen molar-refractivity contribution < 1.29 is 10.2 Å². The summed E-state index contributed by atoms with van der Waals surface area (Å²) in [4.78, 5) is 16.8. The second-order valence-corrected chi connectivity index (χ2v) is 5.58. The first-order valence-electron chi connectivity index (χ1n) is 7.11. The quantitative estimate of drug-likeness (QED) is 0.682. The fourth-order valence-electron chi connectivity index (χ4n) is 3.23. The SMILES string of the molecule is Cn1cnc2c(-n3c(O)c4n(c3=O)CC[C@H]4O)ccc(C#N)c21. The first kappa shape index (κ1) is 13.6. The molecule has 8 nitrogen and oxygen atoms in total. The average Bonchev–Trinajstić information content (AvgIpc) is 3.17. The summed E-state index contributed by atoms with van der Waals surface area (Å²) < 4.78 is 4.19. The van der Waals surface area contributed by atoms with E-state index in [-0.39, 0.29) is 11.6 Å². The van der Waals surface area contributed by atoms with Crippen molar-refractivity contribution in [2.45, 2.75) is 19.1 Å². The van der Waals surface area contributed by atoms with Gasteiger partial charge in [0.25, 0.3) is 0 Å². The van der Waals surface area contributed by atoms with Gasteiger partial charge < -0.3 is 14.8 Å². The van der Waals surface area contributed by atoms with Crippen LogP contribution in [0, 0.1) is 11.3 Å². The monoisotopic (exact) mass is 311 g/mol. The third kappa shape index (κ3) is 1.62. The molecule has 1 aliphatic heterocycles. The molecule has 8 heteroatoms. The number of benzene rings is 1. The van der Waals surface area contributed by atoms with Crippen LogP contribution in [0.3, 0.4) is 0 Å². The number of nitrogens with zero attached hydrogens (tertiary/aromatic N) is 5. The highest BCUT2D eigenvalue weighted by Gasteiger charge is 2.31. The van der Waals surface area contributed by atoms with Crippen LogP contribution >= 0.6 is 0 Å². The van der Waals surface area contributed by atoms with Crippen molar-refractivity contribution in [2.24, 2.45) is 7.05 Å². The smallest absolute Gasteiger partial charge is 0.336 e. The minimum absolute atomic E-state index is 0.225. The Morgan fingerprint density at radius 3 is 2.91 bits per heavy atom. The normalized spacial score (nSPS) is 16.7. The molecule has 0 amide bonds. The molecule has 0 bridgehead atoms. The Morgan fingerprint density at radius 1 is 1.43 bits per heavy atom. The number of aryl methyl sites for hydroxylation is 1. The van der Waals surface area contributed by atoms with E-state index in [9.17, 15) is 20.3 Å². The second-order valence-electron chi connectivity index (χ2n) is 5.58. The van der Waals surface area contributed by atoms with Crippen LogP contribution in [0.15, 0.2) is 23.3 Å². The first-order chi connectivity index (χ1) is 11.0. The number of nitriles is 1. The lowest BCUT2D eigenvalue weighted by Gasteiger charge is -2.07. The van der Waals surface area contributed by atoms with Crippen molar-refractivity contribution in [1.82, 2.24) is 18.7 Å². The van der Waals surface area contributed by atoms with Crippen LogP contribution in [0.25, 0.3) is 16.7 Å². The summed E-state index contributed by atoms with van der Waals surface area (Å²) in [5.74, 6) is -0.281. The fourth-order valence-corrected chi connectivity index (χ4v) is 3.23. The van der Waals surface area contributed by atoms with E-state index in [1.807, 2.05) is 0 Å². The molecule has 3 aromatic rings. The predicted molar refractivity (Wildman–Crippen MR) is 80.3 cm³/mol. The highest BCUT2D eigenvalue weighted by molar-refractivity contribution is 5.89. The first-order valence-corrected chi connectivity index (χ1v) is 7.11. The summed E-state index contributed by atoms with van der Waals surface area (Å²) in [6, 6.07) is 5.26. The van der Waals surface area contributed by atoms with E-state index in [4.69, 9.17) is 0 Å². The van der Waals surface area contributed by atoms with E-state index in [0.717, 1.165) is 4.57 Å². The van der Waals surface area contributed by atoms with Gasteiger partial charge in [-0.3, -0.25) is 4.57 Å². The minimum Gasteiger partial charge on any atom is -0.493 e. The van der Waals surface area contributed by atoms with Crippen LogP contribution in [0.1, 0.15) is 23.8 Å². The number of imidazole rings is 2. The summed E-state index contributed by atoms with van der Waals surface area (Å²) in [6.07, 6.45) is 1.10. The maximum atomic E-state index is 12.6. The molecule has 3 heterocycles. The van der Waals surface area contributed by atoms with Crippen molar-refractivity contribution in [1.29, 1.82) is 5.26 Å². The highest BCUT2D eigenvalue weighted by atomic mass is 16.3. The fraction of sp³-hybridized carbons (Fsp3) is 0.267. The molecule has 0 radical (unpaired) electrons. The molecule has 2 aromatic heterocycles. The summed E-state index contributed by atoms with van der Waals surface area (Å²) in [7, 11) is 1.76. The molecular formula is C15H13N5O3. The summed E-state index contributed by atoms with van der Waals surface area (Å²) in [5.41, 5.74) is 1.65. The third-order valence-corrected chi connectivity index (χ3v) is 4.30. The Kier molecular flexibility index (Phi) is 2.64. The topological polar surface area (TPSA) is 109 Å². The second kappa shape index (κ2) is 4.47. The summed E-state index contributed by atoms with van der Waals surface area (Å²) in [6.45, 7) is 0.359. The Morgan fingerprint density at radius 2 is 2.22 bits per heavy atom. The molecule has 1 aromatic carbocycles. The van der Waals surface area contributed by atoms with E-state index >= 15 is 0 Å². The van der Waals surface area contributed by atoms with Crippen molar-refractivity contribution in [3.05, 3.63) is 40.2 Å². The Hall–Kier alpha value is -3.05. The molecule has 0 spiro atoms. The standard InChI is InChI=1S/C15H13N5O3/c1-18-7-17-11-9(3-2-8(6-16)12(11)18)20-14(22)13-10(21)4-5-19(13)15(20)23/h2-3,7,10,21-22H,4-5H2,1H3/t10-/m1/s1. The lowest BCUT2D eigenvalue weighted by Crippen LogP contribution is -2.22. The molecule has 2 N–H and O–H groups in total. The molecule has 23 heavy (non-hydrogen) atoms. The number of aromatic hydroxyl groups is 1. The summed E-state index contributed by atoms with van der Waals surface area (Å²) in [5, 5.41) is 29.6. The molecule has 0 aliphatic carbocycles. The van der Waals surface area contributed by atoms with E-state index in [0.29, 0.717) is 35.2 Å². The number of aliphatic hydroxyl groups is 1. The van der Waals surface area contributed by atoms with Gasteiger partial charge in [-0.1, -0.05) is 0 Å². The van der Waals surface area contributed by atoms with Crippen molar-refractivity contribution in [3.8, 4) is 17.6 Å². The van der Waals surface area contributed by atoms with Crippen LogP contribution in [0.2, 0.25) is 0 Å². The van der Waals surface area contributed by atoms with Crippen molar-refractivity contribution in [2.75, 3.05) is 0 Å². The minimum atomic E-state index is -0.860. The zero-order valence-electron chi connectivity index (χ0n) is 12.3. The van der Waals surface area contributed by atoms with Gasteiger partial charge in [0.15, 0.2) is 0 Å². The predicted octanol–water partition coefficient (Wildman–Crippen LogP) is 0.540. The largest absolute Gasteiger partial charge is 0.493 e. The molecule has 0 saturated carbocycles. The number of hydrogen-bond donors (Lipinski definition) is 2. The van der Waals surface area contributed by atoms with E-state index in [2.05, 4.69) is 11.1 Å². The lowest BCUT2D eigenvalue weighted by atomic mass is 10.1. The van der Waals surface area contributed by atoms with Crippen LogP contribution in [-0.2, 0) is 13.6 Å². The molecule has 116 valence electrons. The van der Waals surface area contributed by atoms with Gasteiger partial charge in [0.05, 0.1) is 23.1 Å². The lowest BCUT2D eigenvalue weighted by molar-refractivity contribution is 0.175. The van der Waals surface area contributed by atoms with E-state index in [1.165, 1.54) is 4.57 Å². The van der Waals surface area contributed by atoms with Crippen LogP contribution in [0.4, 0.5) is 0 Å². The van der Waals surface area contributed by atoms with Gasteiger partial charge in [0.1, 0.15) is 23.4 Å². The molecule has 0 unspecified atom stereocenters.